The third-order valence-corrected chi connectivity index (χ3v) is 2.49. The number of rotatable bonds is 10. The summed E-state index contributed by atoms with van der Waals surface area (Å²) in [5.74, 6) is 0. The summed E-state index contributed by atoms with van der Waals surface area (Å²) in [6.07, 6.45) is 4.40. The first kappa shape index (κ1) is 14.1. The number of hydrogen-bond acceptors (Lipinski definition) is 3. The summed E-state index contributed by atoms with van der Waals surface area (Å²) < 4.78 is 16.2. The first-order valence-electron chi connectivity index (χ1n) is 5.57. The molecule has 0 aliphatic carbocycles. The quantitative estimate of drug-likeness (QED) is 0.315. The molecule has 0 aliphatic rings. The Balaban J connectivity index is 3.28. The molecule has 0 aromatic rings. The SMILES string of the molecule is CCCCOCC(O[SiH3])OCCCC. The molecule has 1 unspecified atom stereocenters. The molecule has 0 heterocycles. The summed E-state index contributed by atoms with van der Waals surface area (Å²) in [6, 6.07) is 0. The van der Waals surface area contributed by atoms with Crippen LogP contribution in [0.15, 0.2) is 0 Å². The lowest BCUT2D eigenvalue weighted by Gasteiger charge is -2.16. The van der Waals surface area contributed by atoms with Crippen molar-refractivity contribution in [2.24, 2.45) is 0 Å². The highest BCUT2D eigenvalue weighted by atomic mass is 28.2. The minimum atomic E-state index is -0.134. The van der Waals surface area contributed by atoms with Gasteiger partial charge in [-0.25, -0.2) is 0 Å². The molecule has 0 amide bonds. The molecule has 14 heavy (non-hydrogen) atoms. The summed E-state index contributed by atoms with van der Waals surface area (Å²) in [5.41, 5.74) is 0. The monoisotopic (exact) mass is 220 g/mol. The molecule has 0 rings (SSSR count). The van der Waals surface area contributed by atoms with Crippen molar-refractivity contribution in [3.8, 4) is 0 Å². The van der Waals surface area contributed by atoms with Crippen LogP contribution in [-0.4, -0.2) is 36.6 Å². The molecule has 4 heteroatoms. The Bertz CT molecular complexity index is 112. The van der Waals surface area contributed by atoms with Crippen molar-refractivity contribution in [1.29, 1.82) is 0 Å². The third-order valence-electron chi connectivity index (χ3n) is 1.96. The lowest BCUT2D eigenvalue weighted by molar-refractivity contribution is -0.119. The van der Waals surface area contributed by atoms with Gasteiger partial charge in [-0.1, -0.05) is 26.7 Å². The number of unbranched alkanes of at least 4 members (excludes halogenated alkanes) is 2. The zero-order valence-corrected chi connectivity index (χ0v) is 11.8. The highest BCUT2D eigenvalue weighted by Crippen LogP contribution is 1.98. The van der Waals surface area contributed by atoms with Gasteiger partial charge in [0.25, 0.3) is 0 Å². The summed E-state index contributed by atoms with van der Waals surface area (Å²) in [7, 11) is 0.705. The first-order valence-corrected chi connectivity index (χ1v) is 6.38. The predicted octanol–water partition coefficient (Wildman–Crippen LogP) is 1.24. The molecule has 0 fully saturated rings. The van der Waals surface area contributed by atoms with Gasteiger partial charge in [0.2, 0.25) is 0 Å². The van der Waals surface area contributed by atoms with Crippen LogP contribution in [0.5, 0.6) is 0 Å². The van der Waals surface area contributed by atoms with Crippen LogP contribution in [0.4, 0.5) is 0 Å². The summed E-state index contributed by atoms with van der Waals surface area (Å²) in [4.78, 5) is 0. The van der Waals surface area contributed by atoms with Crippen LogP contribution in [0.1, 0.15) is 39.5 Å². The molecule has 0 aliphatic heterocycles. The molecule has 0 aromatic carbocycles. The summed E-state index contributed by atoms with van der Waals surface area (Å²) in [5, 5.41) is 0. The van der Waals surface area contributed by atoms with Crippen LogP contribution in [-0.2, 0) is 13.9 Å². The van der Waals surface area contributed by atoms with Gasteiger partial charge in [0.1, 0.15) is 10.5 Å². The van der Waals surface area contributed by atoms with Crippen molar-refractivity contribution in [3.05, 3.63) is 0 Å². The van der Waals surface area contributed by atoms with Crippen LogP contribution in [0, 0.1) is 0 Å². The lowest BCUT2D eigenvalue weighted by Crippen LogP contribution is -2.23. The van der Waals surface area contributed by atoms with Crippen LogP contribution in [0.25, 0.3) is 0 Å². The van der Waals surface area contributed by atoms with Crippen LogP contribution < -0.4 is 0 Å². The minimum absolute atomic E-state index is 0.134. The van der Waals surface area contributed by atoms with Gasteiger partial charge < -0.3 is 13.9 Å². The van der Waals surface area contributed by atoms with E-state index in [-0.39, 0.29) is 6.29 Å². The molecular weight excluding hydrogens is 196 g/mol. The van der Waals surface area contributed by atoms with Gasteiger partial charge in [-0.3, -0.25) is 0 Å². The maximum absolute atomic E-state index is 5.50. The first-order chi connectivity index (χ1) is 6.85. The van der Waals surface area contributed by atoms with Crippen molar-refractivity contribution in [2.45, 2.75) is 45.8 Å². The van der Waals surface area contributed by atoms with E-state index in [0.29, 0.717) is 17.1 Å². The largest absolute Gasteiger partial charge is 0.402 e. The molecule has 86 valence electrons. The average Bonchev–Trinajstić information content (AvgIpc) is 2.22. The van der Waals surface area contributed by atoms with Crippen LogP contribution in [0.3, 0.4) is 0 Å². The number of ether oxygens (including phenoxy) is 2. The van der Waals surface area contributed by atoms with Crippen molar-refractivity contribution in [3.63, 3.8) is 0 Å². The second-order valence-electron chi connectivity index (χ2n) is 3.32. The zero-order valence-electron chi connectivity index (χ0n) is 9.75. The van der Waals surface area contributed by atoms with E-state index in [1.54, 1.807) is 0 Å². The van der Waals surface area contributed by atoms with Crippen LogP contribution in [0.2, 0.25) is 0 Å². The normalized spacial score (nSPS) is 13.3. The Morgan fingerprint density at radius 1 is 1.07 bits per heavy atom. The Morgan fingerprint density at radius 3 is 2.29 bits per heavy atom. The minimum Gasteiger partial charge on any atom is -0.402 e. The van der Waals surface area contributed by atoms with Crippen molar-refractivity contribution in [1.82, 2.24) is 0 Å². The van der Waals surface area contributed by atoms with Gasteiger partial charge in [-0.05, 0) is 12.8 Å². The molecule has 0 saturated heterocycles. The van der Waals surface area contributed by atoms with Crippen LogP contribution >= 0.6 is 0 Å². The molecule has 0 N–H and O–H groups in total. The van der Waals surface area contributed by atoms with E-state index in [1.807, 2.05) is 0 Å². The van der Waals surface area contributed by atoms with E-state index in [4.69, 9.17) is 13.9 Å². The van der Waals surface area contributed by atoms with E-state index in [0.717, 1.165) is 32.5 Å². The van der Waals surface area contributed by atoms with Crippen molar-refractivity contribution in [2.75, 3.05) is 19.8 Å². The lowest BCUT2D eigenvalue weighted by atomic mass is 10.4. The fraction of sp³-hybridized carbons (Fsp3) is 1.00. The van der Waals surface area contributed by atoms with E-state index >= 15 is 0 Å². The molecule has 3 nitrogen and oxygen atoms in total. The topological polar surface area (TPSA) is 27.7 Å². The standard InChI is InChI=1S/C10H24O3Si/c1-3-5-7-11-9-10(13-14)12-8-6-4-2/h10H,3-9H2,1-2,14H3. The Hall–Kier alpha value is 0.0969. The predicted molar refractivity (Wildman–Crippen MR) is 61.4 cm³/mol. The number of hydrogen-bond donors (Lipinski definition) is 0. The maximum Gasteiger partial charge on any atom is 0.170 e. The fourth-order valence-corrected chi connectivity index (χ4v) is 1.24. The molecule has 0 bridgehead atoms. The molecule has 1 atom stereocenters. The van der Waals surface area contributed by atoms with E-state index in [2.05, 4.69) is 13.8 Å². The van der Waals surface area contributed by atoms with Crippen molar-refractivity contribution < 1.29 is 13.9 Å². The molecule has 0 saturated carbocycles. The Labute approximate surface area is 90.7 Å². The average molecular weight is 220 g/mol. The van der Waals surface area contributed by atoms with Gasteiger partial charge in [-0.15, -0.1) is 0 Å². The Morgan fingerprint density at radius 2 is 1.71 bits per heavy atom. The Kier molecular flexibility index (Phi) is 11.3. The van der Waals surface area contributed by atoms with Crippen molar-refractivity contribution >= 4 is 10.5 Å². The van der Waals surface area contributed by atoms with Gasteiger partial charge in [0.15, 0.2) is 6.29 Å². The molecule has 0 aromatic heterocycles. The smallest absolute Gasteiger partial charge is 0.170 e. The van der Waals surface area contributed by atoms with E-state index in [1.165, 1.54) is 6.42 Å². The van der Waals surface area contributed by atoms with Gasteiger partial charge >= 0.3 is 0 Å². The second-order valence-corrected chi connectivity index (χ2v) is 3.79. The van der Waals surface area contributed by atoms with E-state index < -0.39 is 0 Å². The molecule has 0 radical (unpaired) electrons. The highest BCUT2D eigenvalue weighted by Gasteiger charge is 2.05. The maximum atomic E-state index is 5.50. The highest BCUT2D eigenvalue weighted by molar-refractivity contribution is 5.98. The second kappa shape index (κ2) is 11.2. The third kappa shape index (κ3) is 8.68. The van der Waals surface area contributed by atoms with E-state index in [9.17, 15) is 0 Å². The molecule has 0 spiro atoms. The van der Waals surface area contributed by atoms with Gasteiger partial charge in [0.05, 0.1) is 6.61 Å². The zero-order chi connectivity index (χ0) is 10.6. The van der Waals surface area contributed by atoms with Gasteiger partial charge in [0, 0.05) is 13.2 Å². The summed E-state index contributed by atoms with van der Waals surface area (Å²) >= 11 is 0. The van der Waals surface area contributed by atoms with Gasteiger partial charge in [-0.2, -0.15) is 0 Å². The fourth-order valence-electron chi connectivity index (χ4n) is 0.969. The summed E-state index contributed by atoms with van der Waals surface area (Å²) in [6.45, 7) is 6.47. The molecular formula is C10H24O3Si.